The lowest BCUT2D eigenvalue weighted by atomic mass is 9.99. The van der Waals surface area contributed by atoms with Gasteiger partial charge in [0.2, 0.25) is 6.08 Å². The number of nitrogens with one attached hydrogen (secondary N) is 2. The molecule has 18 heteroatoms. The van der Waals surface area contributed by atoms with Gasteiger partial charge in [-0.2, -0.15) is 23.6 Å². The number of hydrogen-bond acceptors (Lipinski definition) is 11. The van der Waals surface area contributed by atoms with Crippen LogP contribution in [0.25, 0.3) is 0 Å². The molecule has 0 spiro atoms. The number of benzene rings is 2. The van der Waals surface area contributed by atoms with Crippen LogP contribution in [0.3, 0.4) is 0 Å². The number of aliphatic imine (C=N–C) groups is 1. The van der Waals surface area contributed by atoms with Gasteiger partial charge < -0.3 is 15.1 Å². The molecule has 6 aliphatic rings. The van der Waals surface area contributed by atoms with E-state index in [2.05, 4.69) is 47.2 Å². The molecular formula is C44H58N10O6S2. The second kappa shape index (κ2) is 17.1. The van der Waals surface area contributed by atoms with Crippen molar-refractivity contribution in [2.24, 2.45) is 10.1 Å². The number of carbonyl (C=O) groups is 1. The van der Waals surface area contributed by atoms with Crippen molar-refractivity contribution >= 4 is 43.5 Å². The Morgan fingerprint density at radius 3 is 1.53 bits per heavy atom. The van der Waals surface area contributed by atoms with Crippen LogP contribution < -0.4 is 15.2 Å². The van der Waals surface area contributed by atoms with Crippen LogP contribution in [0.2, 0.25) is 0 Å². The van der Waals surface area contributed by atoms with Gasteiger partial charge in [-0.1, -0.05) is 12.1 Å². The Balaban J connectivity index is 0.000000143. The van der Waals surface area contributed by atoms with Gasteiger partial charge in [0.15, 0.2) is 10.1 Å². The highest BCUT2D eigenvalue weighted by Gasteiger charge is 2.46. The number of amides is 2. The molecule has 2 aromatic heterocycles. The van der Waals surface area contributed by atoms with Gasteiger partial charge in [0.05, 0.1) is 18.8 Å². The third-order valence-electron chi connectivity index (χ3n) is 13.8. The van der Waals surface area contributed by atoms with E-state index in [4.69, 9.17) is 5.14 Å². The number of anilines is 1. The second-order valence-electron chi connectivity index (χ2n) is 18.2. The summed E-state index contributed by atoms with van der Waals surface area (Å²) in [7, 11) is 0.367. The minimum absolute atomic E-state index is 0.0475. The molecular weight excluding hydrogens is 829 g/mol. The maximum absolute atomic E-state index is 12.8. The molecule has 2 fully saturated rings. The molecule has 0 atom stereocenters. The molecule has 332 valence electrons. The maximum atomic E-state index is 12.8. The molecule has 4 N–H and O–H groups in total. The number of fused-ring (bicyclic) bond motifs is 4. The number of likely N-dealkylation sites (N-methyl/N-ethyl adjacent to an activating group) is 2. The quantitative estimate of drug-likeness (QED) is 0.140. The molecule has 2 aromatic carbocycles. The van der Waals surface area contributed by atoms with E-state index in [1.54, 1.807) is 27.8 Å². The Morgan fingerprint density at radius 1 is 0.710 bits per heavy atom. The Morgan fingerprint density at radius 2 is 1.13 bits per heavy atom. The number of nitrogens with two attached hydrogens (primary N) is 1. The van der Waals surface area contributed by atoms with Gasteiger partial charge in [0, 0.05) is 29.2 Å². The van der Waals surface area contributed by atoms with Crippen LogP contribution in [-0.2, 0) is 89.3 Å². The third kappa shape index (κ3) is 9.17. The first-order valence-corrected chi connectivity index (χ1v) is 24.7. The number of urea groups is 1. The topological polar surface area (TPSA) is 207 Å². The van der Waals surface area contributed by atoms with Gasteiger partial charge in [0.1, 0.15) is 0 Å². The average Bonchev–Trinajstić information content (AvgIpc) is 3.70. The minimum atomic E-state index is -4.05. The molecule has 4 aromatic rings. The summed E-state index contributed by atoms with van der Waals surface area (Å²) >= 11 is 0. The molecule has 0 aliphatic heterocycles. The molecule has 2 saturated carbocycles. The third-order valence-corrected chi connectivity index (χ3v) is 15.8. The Kier molecular flexibility index (Phi) is 12.1. The number of primary sulfonamides is 1. The molecule has 62 heavy (non-hydrogen) atoms. The highest BCUT2D eigenvalue weighted by Crippen LogP contribution is 2.43. The normalized spacial score (nSPS) is 18.4. The van der Waals surface area contributed by atoms with E-state index in [-0.39, 0.29) is 21.1 Å². The highest BCUT2D eigenvalue weighted by molar-refractivity contribution is 7.90. The van der Waals surface area contributed by atoms with Gasteiger partial charge in [-0.15, -0.1) is 0 Å². The predicted molar refractivity (Wildman–Crippen MR) is 235 cm³/mol. The fourth-order valence-corrected chi connectivity index (χ4v) is 11.1. The Labute approximate surface area is 364 Å². The number of isocyanates is 1. The summed E-state index contributed by atoms with van der Waals surface area (Å²) in [6, 6.07) is 6.77. The van der Waals surface area contributed by atoms with Crippen molar-refractivity contribution in [3.8, 4) is 0 Å². The molecule has 0 bridgehead atoms. The number of carbonyl (C=O) groups excluding carboxylic acids is 2. The number of rotatable bonds is 11. The summed E-state index contributed by atoms with van der Waals surface area (Å²) < 4.78 is 53.1. The molecule has 0 saturated heterocycles. The Bertz CT molecular complexity index is 2590. The van der Waals surface area contributed by atoms with Gasteiger partial charge in [0.25, 0.3) is 20.0 Å². The standard InChI is InChI=1S/C22H29N5O3S.C13H13NO.C9H16N4O2S/c1-26(2)22(10-11-22)14-27-12-9-19(24-27)31(29,30)25-21(28)23-20-17-7-3-5-15(17)13-16-6-4-8-18(16)20;15-8-14-13-11-5-1-3-9(11)7-10-4-2-6-12(10)13;1-12(2)9(4-5-9)7-13-6-3-8(11-13)16(10,14)15/h9,12-13H,3-8,10-11,14H2,1-2H3,(H2,23,25,28);7H,1-6H2;3,6H,4-5,7H2,1-2H3,(H2,10,14,15). The molecule has 0 radical (unpaired) electrons. The van der Waals surface area contributed by atoms with Crippen molar-refractivity contribution in [1.29, 1.82) is 0 Å². The SMILES string of the molecule is CN(C)C1(Cn2ccc(S(=O)(=O)NC(=O)Nc3c4c(cc5c3CCC5)CCC4)n2)CC1.CN(C)C1(Cn2ccc(S(N)(=O)=O)n2)CC1.O=C=Nc1c2c(cc3c1CCC3)CCC2. The number of nitrogens with zero attached hydrogens (tertiary/aromatic N) is 7. The number of hydrogen-bond donors (Lipinski definition) is 3. The Hall–Kier alpha value is -4.71. The van der Waals surface area contributed by atoms with E-state index in [0.29, 0.717) is 13.1 Å². The van der Waals surface area contributed by atoms with Crippen LogP contribution in [0.1, 0.15) is 95.9 Å². The monoisotopic (exact) mass is 886 g/mol. The van der Waals surface area contributed by atoms with E-state index < -0.39 is 26.1 Å². The molecule has 0 unspecified atom stereocenters. The summed E-state index contributed by atoms with van der Waals surface area (Å²) in [5, 5.41) is 15.8. The lowest BCUT2D eigenvalue weighted by Gasteiger charge is -2.23. The largest absolute Gasteiger partial charge is 0.333 e. The molecule has 10 rings (SSSR count). The first-order chi connectivity index (χ1) is 29.5. The summed E-state index contributed by atoms with van der Waals surface area (Å²) in [5.41, 5.74) is 12.3. The van der Waals surface area contributed by atoms with E-state index >= 15 is 0 Å². The molecule has 16 nitrogen and oxygen atoms in total. The van der Waals surface area contributed by atoms with Crippen LogP contribution >= 0.6 is 0 Å². The van der Waals surface area contributed by atoms with Crippen molar-refractivity contribution in [2.75, 3.05) is 33.5 Å². The summed E-state index contributed by atoms with van der Waals surface area (Å²) in [5.74, 6) is 0. The predicted octanol–water partition coefficient (Wildman–Crippen LogP) is 4.72. The summed E-state index contributed by atoms with van der Waals surface area (Å²) in [6.07, 6.45) is 22.3. The zero-order valence-electron chi connectivity index (χ0n) is 36.2. The lowest BCUT2D eigenvalue weighted by Crippen LogP contribution is -2.36. The van der Waals surface area contributed by atoms with Gasteiger partial charge in [-0.05, 0) is 188 Å². The number of sulfonamides is 2. The van der Waals surface area contributed by atoms with Crippen LogP contribution in [0, 0.1) is 0 Å². The number of aryl methyl sites for hydroxylation is 4. The molecule has 2 amide bonds. The van der Waals surface area contributed by atoms with Crippen molar-refractivity contribution in [3.63, 3.8) is 0 Å². The first kappa shape index (κ1) is 43.9. The zero-order valence-corrected chi connectivity index (χ0v) is 37.8. The number of aromatic nitrogens is 4. The second-order valence-corrected chi connectivity index (χ2v) is 21.3. The summed E-state index contributed by atoms with van der Waals surface area (Å²) in [6.45, 7) is 1.33. The zero-order chi connectivity index (χ0) is 44.0. The van der Waals surface area contributed by atoms with Gasteiger partial charge >= 0.3 is 6.03 Å². The highest BCUT2D eigenvalue weighted by atomic mass is 32.2. The van der Waals surface area contributed by atoms with E-state index in [9.17, 15) is 26.4 Å². The van der Waals surface area contributed by atoms with Gasteiger partial charge in [-0.25, -0.2) is 27.9 Å². The smallest absolute Gasteiger partial charge is 0.307 e. The fourth-order valence-electron chi connectivity index (χ4n) is 9.79. The first-order valence-electron chi connectivity index (χ1n) is 21.7. The lowest BCUT2D eigenvalue weighted by molar-refractivity contribution is 0.233. The average molecular weight is 887 g/mol. The van der Waals surface area contributed by atoms with E-state index in [0.717, 1.165) is 112 Å². The van der Waals surface area contributed by atoms with Crippen LogP contribution in [-0.4, -0.2) is 97.6 Å². The van der Waals surface area contributed by atoms with Crippen molar-refractivity contribution in [1.82, 2.24) is 34.1 Å². The van der Waals surface area contributed by atoms with Crippen molar-refractivity contribution in [3.05, 3.63) is 81.2 Å². The van der Waals surface area contributed by atoms with Gasteiger partial charge in [-0.3, -0.25) is 9.36 Å². The minimum Gasteiger partial charge on any atom is -0.307 e. The van der Waals surface area contributed by atoms with Crippen LogP contribution in [0.4, 0.5) is 16.2 Å². The maximum Gasteiger partial charge on any atom is 0.333 e. The molecule has 6 aliphatic carbocycles. The van der Waals surface area contributed by atoms with Crippen LogP contribution in [0.5, 0.6) is 0 Å². The van der Waals surface area contributed by atoms with Crippen molar-refractivity contribution < 1.29 is 26.4 Å². The fraction of sp³-hybridized carbons (Fsp3) is 0.545. The molecule has 2 heterocycles. The van der Waals surface area contributed by atoms with Crippen molar-refractivity contribution in [2.45, 2.75) is 137 Å². The van der Waals surface area contributed by atoms with E-state index in [1.807, 2.05) is 28.2 Å². The summed E-state index contributed by atoms with van der Waals surface area (Å²) in [4.78, 5) is 31.4. The van der Waals surface area contributed by atoms with Crippen LogP contribution in [0.15, 0.2) is 51.7 Å². The van der Waals surface area contributed by atoms with E-state index in [1.165, 1.54) is 58.4 Å².